The fourth-order valence-corrected chi connectivity index (χ4v) is 6.23. The summed E-state index contributed by atoms with van der Waals surface area (Å²) in [5.74, 6) is 1.78. The Morgan fingerprint density at radius 1 is 0.300 bits per heavy atom. The largest absolute Gasteiger partial charge is 0.303 e. The smallest absolute Gasteiger partial charge is 0.00187 e. The second kappa shape index (κ2) is 33.5. The molecule has 0 radical (unpaired) electrons. The standard InChI is InChI=1S/C39H81N/c1-6-7-8-9-20-25-30-35-40(36-31-26-21-16-12-10-14-18-23-28-33-38(2)3)37-32-27-22-17-13-11-15-19-24-29-34-39(4)5/h38-39H,6-37H2,1-5H3. The molecule has 0 aliphatic rings. The van der Waals surface area contributed by atoms with Crippen LogP contribution in [0.2, 0.25) is 0 Å². The number of hydrogen-bond acceptors (Lipinski definition) is 1. The number of unbranched alkanes of at least 4 members (excludes halogenated alkanes) is 24. The molecule has 0 aromatic carbocycles. The monoisotopic (exact) mass is 564 g/mol. The molecule has 242 valence electrons. The third kappa shape index (κ3) is 34.2. The van der Waals surface area contributed by atoms with Crippen molar-refractivity contribution in [3.05, 3.63) is 0 Å². The van der Waals surface area contributed by atoms with Gasteiger partial charge in [-0.15, -0.1) is 0 Å². The average Bonchev–Trinajstić information content (AvgIpc) is 2.92. The molecule has 0 heterocycles. The Balaban J connectivity index is 3.83. The summed E-state index contributed by atoms with van der Waals surface area (Å²) in [5, 5.41) is 0. The molecule has 0 saturated heterocycles. The highest BCUT2D eigenvalue weighted by Gasteiger charge is 2.05. The van der Waals surface area contributed by atoms with Crippen molar-refractivity contribution in [3.63, 3.8) is 0 Å². The molecule has 0 aliphatic carbocycles. The van der Waals surface area contributed by atoms with Gasteiger partial charge in [-0.2, -0.15) is 0 Å². The van der Waals surface area contributed by atoms with E-state index in [2.05, 4.69) is 39.5 Å². The van der Waals surface area contributed by atoms with Crippen LogP contribution in [0.4, 0.5) is 0 Å². The molecule has 40 heavy (non-hydrogen) atoms. The lowest BCUT2D eigenvalue weighted by Gasteiger charge is -2.22. The summed E-state index contributed by atoms with van der Waals surface area (Å²) < 4.78 is 0. The molecule has 0 aliphatic heterocycles. The minimum Gasteiger partial charge on any atom is -0.303 e. The molecule has 1 heteroatoms. The van der Waals surface area contributed by atoms with Crippen molar-refractivity contribution in [2.24, 2.45) is 11.8 Å². The second-order valence-electron chi connectivity index (χ2n) is 14.4. The van der Waals surface area contributed by atoms with Crippen molar-refractivity contribution in [2.75, 3.05) is 19.6 Å². The maximum absolute atomic E-state index is 2.85. The van der Waals surface area contributed by atoms with E-state index >= 15 is 0 Å². The number of hydrogen-bond donors (Lipinski definition) is 0. The second-order valence-corrected chi connectivity index (χ2v) is 14.4. The summed E-state index contributed by atoms with van der Waals surface area (Å²) >= 11 is 0. The van der Waals surface area contributed by atoms with Crippen molar-refractivity contribution < 1.29 is 0 Å². The lowest BCUT2D eigenvalue weighted by atomic mass is 10.0. The van der Waals surface area contributed by atoms with Crippen LogP contribution in [0.25, 0.3) is 0 Å². The average molecular weight is 564 g/mol. The van der Waals surface area contributed by atoms with E-state index in [1.807, 2.05) is 0 Å². The van der Waals surface area contributed by atoms with Crippen molar-refractivity contribution >= 4 is 0 Å². The highest BCUT2D eigenvalue weighted by atomic mass is 15.1. The Morgan fingerprint density at radius 3 is 0.775 bits per heavy atom. The molecule has 0 amide bonds. The van der Waals surface area contributed by atoms with E-state index in [1.54, 1.807) is 0 Å². The first-order valence-electron chi connectivity index (χ1n) is 19.3. The predicted octanol–water partition coefficient (Wildman–Crippen LogP) is 13.9. The highest BCUT2D eigenvalue weighted by molar-refractivity contribution is 4.61. The number of rotatable bonds is 34. The summed E-state index contributed by atoms with van der Waals surface area (Å²) in [6.45, 7) is 15.8. The van der Waals surface area contributed by atoms with Gasteiger partial charge >= 0.3 is 0 Å². The third-order valence-electron chi connectivity index (χ3n) is 9.09. The first-order chi connectivity index (χ1) is 19.6. The van der Waals surface area contributed by atoms with E-state index in [4.69, 9.17) is 0 Å². The summed E-state index contributed by atoms with van der Waals surface area (Å²) in [7, 11) is 0. The fraction of sp³-hybridized carbons (Fsp3) is 1.00. The van der Waals surface area contributed by atoms with Gasteiger partial charge in [-0.3, -0.25) is 0 Å². The predicted molar refractivity (Wildman–Crippen MR) is 186 cm³/mol. The molecule has 0 aromatic heterocycles. The van der Waals surface area contributed by atoms with Crippen LogP contribution in [0.15, 0.2) is 0 Å². The van der Waals surface area contributed by atoms with Gasteiger partial charge in [0.05, 0.1) is 0 Å². The Morgan fingerprint density at radius 2 is 0.525 bits per heavy atom. The topological polar surface area (TPSA) is 3.24 Å². The van der Waals surface area contributed by atoms with Crippen molar-refractivity contribution in [1.82, 2.24) is 4.90 Å². The summed E-state index contributed by atoms with van der Waals surface area (Å²) in [6, 6.07) is 0. The van der Waals surface area contributed by atoms with E-state index in [0.717, 1.165) is 11.8 Å². The SMILES string of the molecule is CCCCCCCCCN(CCCCCCCCCCCCC(C)C)CCCCCCCCCCCCC(C)C. The molecule has 0 bridgehead atoms. The first-order valence-corrected chi connectivity index (χ1v) is 19.3. The van der Waals surface area contributed by atoms with Gasteiger partial charge in [0.2, 0.25) is 0 Å². The summed E-state index contributed by atoms with van der Waals surface area (Å²) in [4.78, 5) is 2.85. The van der Waals surface area contributed by atoms with Crippen LogP contribution in [-0.4, -0.2) is 24.5 Å². The van der Waals surface area contributed by atoms with Gasteiger partial charge in [0.25, 0.3) is 0 Å². The quantitative estimate of drug-likeness (QED) is 0.0704. The van der Waals surface area contributed by atoms with Crippen molar-refractivity contribution in [1.29, 1.82) is 0 Å². The van der Waals surface area contributed by atoms with Crippen LogP contribution in [0.1, 0.15) is 221 Å². The van der Waals surface area contributed by atoms with E-state index in [9.17, 15) is 0 Å². The molecule has 0 N–H and O–H groups in total. The minimum absolute atomic E-state index is 0.889. The van der Waals surface area contributed by atoms with Gasteiger partial charge in [-0.1, -0.05) is 202 Å². The van der Waals surface area contributed by atoms with E-state index < -0.39 is 0 Å². The van der Waals surface area contributed by atoms with Crippen LogP contribution in [-0.2, 0) is 0 Å². The molecule has 0 unspecified atom stereocenters. The highest BCUT2D eigenvalue weighted by Crippen LogP contribution is 2.16. The normalized spacial score (nSPS) is 12.0. The molecule has 1 nitrogen and oxygen atoms in total. The molecule has 0 aromatic rings. The maximum atomic E-state index is 2.85. The van der Waals surface area contributed by atoms with Gasteiger partial charge in [-0.05, 0) is 50.7 Å². The number of nitrogens with zero attached hydrogens (tertiary/aromatic N) is 1. The zero-order valence-electron chi connectivity index (χ0n) is 29.2. The molecule has 0 spiro atoms. The lowest BCUT2D eigenvalue weighted by molar-refractivity contribution is 0.254. The van der Waals surface area contributed by atoms with Crippen molar-refractivity contribution in [2.45, 2.75) is 221 Å². The molecule has 0 saturated carbocycles. The molecular weight excluding hydrogens is 482 g/mol. The van der Waals surface area contributed by atoms with E-state index in [0.29, 0.717) is 0 Å². The maximum Gasteiger partial charge on any atom is -0.00187 e. The van der Waals surface area contributed by atoms with Crippen LogP contribution in [0, 0.1) is 11.8 Å². The van der Waals surface area contributed by atoms with Gasteiger partial charge in [0.15, 0.2) is 0 Å². The molecular formula is C39H81N. The van der Waals surface area contributed by atoms with E-state index in [-0.39, 0.29) is 0 Å². The van der Waals surface area contributed by atoms with Crippen LogP contribution in [0.3, 0.4) is 0 Å². The Bertz CT molecular complexity index is 410. The molecule has 0 atom stereocenters. The van der Waals surface area contributed by atoms with Gasteiger partial charge in [-0.25, -0.2) is 0 Å². The molecule has 0 fully saturated rings. The van der Waals surface area contributed by atoms with E-state index in [1.165, 1.54) is 206 Å². The van der Waals surface area contributed by atoms with Gasteiger partial charge in [0.1, 0.15) is 0 Å². The lowest BCUT2D eigenvalue weighted by Crippen LogP contribution is -2.27. The first kappa shape index (κ1) is 40.0. The Kier molecular flexibility index (Phi) is 33.4. The molecule has 0 rings (SSSR count). The van der Waals surface area contributed by atoms with Crippen LogP contribution in [0.5, 0.6) is 0 Å². The Labute approximate surface area is 256 Å². The zero-order chi connectivity index (χ0) is 29.4. The van der Waals surface area contributed by atoms with Gasteiger partial charge < -0.3 is 4.90 Å². The third-order valence-corrected chi connectivity index (χ3v) is 9.09. The summed E-state index contributed by atoms with van der Waals surface area (Å²) in [6.07, 6.45) is 42.2. The zero-order valence-corrected chi connectivity index (χ0v) is 29.2. The van der Waals surface area contributed by atoms with Gasteiger partial charge in [0, 0.05) is 0 Å². The Hall–Kier alpha value is -0.0400. The van der Waals surface area contributed by atoms with Crippen molar-refractivity contribution in [3.8, 4) is 0 Å². The fourth-order valence-electron chi connectivity index (χ4n) is 6.23. The minimum atomic E-state index is 0.889. The van der Waals surface area contributed by atoms with Crippen LogP contribution < -0.4 is 0 Å². The van der Waals surface area contributed by atoms with Crippen LogP contribution >= 0.6 is 0 Å². The summed E-state index contributed by atoms with van der Waals surface area (Å²) in [5.41, 5.74) is 0.